The van der Waals surface area contributed by atoms with Crippen molar-refractivity contribution in [1.29, 1.82) is 0 Å². The fourth-order valence-electron chi connectivity index (χ4n) is 5.08. The topological polar surface area (TPSA) is 86.8 Å². The highest BCUT2D eigenvalue weighted by atomic mass is 35.5. The molecule has 1 aliphatic rings. The Bertz CT molecular complexity index is 1180. The van der Waals surface area contributed by atoms with E-state index in [2.05, 4.69) is 5.32 Å². The molecule has 1 atom stereocenters. The molecular weight excluding hydrogens is 522 g/mol. The molecule has 0 radical (unpaired) electrons. The van der Waals surface area contributed by atoms with Crippen molar-refractivity contribution in [2.24, 2.45) is 0 Å². The molecule has 2 aromatic rings. The van der Waals surface area contributed by atoms with Crippen molar-refractivity contribution in [3.63, 3.8) is 0 Å². The zero-order chi connectivity index (χ0) is 27.7. The number of carbonyl (C=O) groups is 2. The van der Waals surface area contributed by atoms with Gasteiger partial charge in [0.15, 0.2) is 0 Å². The van der Waals surface area contributed by atoms with Crippen LogP contribution >= 0.6 is 11.6 Å². The van der Waals surface area contributed by atoms with Crippen LogP contribution in [0, 0.1) is 6.92 Å². The minimum Gasteiger partial charge on any atom is -0.352 e. The lowest BCUT2D eigenvalue weighted by Crippen LogP contribution is -2.51. The van der Waals surface area contributed by atoms with E-state index in [-0.39, 0.29) is 37.4 Å². The first-order valence-electron chi connectivity index (χ1n) is 13.5. The number of amides is 2. The van der Waals surface area contributed by atoms with E-state index in [4.69, 9.17) is 11.6 Å². The molecule has 1 saturated carbocycles. The molecule has 1 N–H and O–H groups in total. The lowest BCUT2D eigenvalue weighted by molar-refractivity contribution is -0.141. The molecule has 1 fully saturated rings. The van der Waals surface area contributed by atoms with Crippen LogP contribution in [0.4, 0.5) is 5.69 Å². The van der Waals surface area contributed by atoms with E-state index >= 15 is 0 Å². The summed E-state index contributed by atoms with van der Waals surface area (Å²) in [6.45, 7) is 4.23. The number of anilines is 1. The minimum absolute atomic E-state index is 0.124. The molecule has 2 aromatic carbocycles. The Hall–Kier alpha value is -2.58. The average Bonchev–Trinajstić information content (AvgIpc) is 2.88. The highest BCUT2D eigenvalue weighted by Crippen LogP contribution is 2.24. The van der Waals surface area contributed by atoms with Crippen LogP contribution in [0.3, 0.4) is 0 Å². The third kappa shape index (κ3) is 8.46. The molecule has 38 heavy (non-hydrogen) atoms. The summed E-state index contributed by atoms with van der Waals surface area (Å²) in [7, 11) is -3.53. The van der Waals surface area contributed by atoms with Gasteiger partial charge in [0, 0.05) is 30.6 Å². The Kier molecular flexibility index (Phi) is 11.0. The van der Waals surface area contributed by atoms with E-state index in [1.807, 2.05) is 38.1 Å². The van der Waals surface area contributed by atoms with Crippen molar-refractivity contribution in [1.82, 2.24) is 10.2 Å². The molecule has 0 spiro atoms. The van der Waals surface area contributed by atoms with Crippen LogP contribution < -0.4 is 9.62 Å². The van der Waals surface area contributed by atoms with Gasteiger partial charge in [-0.1, -0.05) is 68.1 Å². The van der Waals surface area contributed by atoms with Crippen molar-refractivity contribution >= 4 is 39.1 Å². The van der Waals surface area contributed by atoms with Crippen LogP contribution in [0.5, 0.6) is 0 Å². The summed E-state index contributed by atoms with van der Waals surface area (Å²) in [5.41, 5.74) is 2.34. The van der Waals surface area contributed by atoms with Gasteiger partial charge in [-0.3, -0.25) is 13.9 Å². The SMILES string of the molecule is CCC(C(=O)NC1CCCCC1)N(Cc1ccc(Cl)cc1)C(=O)CCCN(c1ccccc1C)S(C)(=O)=O. The predicted octanol–water partition coefficient (Wildman–Crippen LogP) is 5.45. The monoisotopic (exact) mass is 561 g/mol. The number of sulfonamides is 1. The number of aryl methyl sites for hydroxylation is 1. The molecule has 0 aromatic heterocycles. The summed E-state index contributed by atoms with van der Waals surface area (Å²) in [6.07, 6.45) is 7.45. The van der Waals surface area contributed by atoms with Crippen LogP contribution in [0.15, 0.2) is 48.5 Å². The quantitative estimate of drug-likeness (QED) is 0.373. The van der Waals surface area contributed by atoms with E-state index in [1.54, 1.807) is 29.2 Å². The molecule has 1 unspecified atom stereocenters. The molecule has 208 valence electrons. The van der Waals surface area contributed by atoms with Crippen LogP contribution in [0.25, 0.3) is 0 Å². The molecule has 7 nitrogen and oxygen atoms in total. The molecule has 0 bridgehead atoms. The summed E-state index contributed by atoms with van der Waals surface area (Å²) in [6, 6.07) is 14.1. The summed E-state index contributed by atoms with van der Waals surface area (Å²) >= 11 is 6.06. The summed E-state index contributed by atoms with van der Waals surface area (Å²) in [5, 5.41) is 3.78. The number of para-hydroxylation sites is 1. The third-order valence-electron chi connectivity index (χ3n) is 7.14. The van der Waals surface area contributed by atoms with Crippen LogP contribution in [0.1, 0.15) is 69.4 Å². The first-order valence-corrected chi connectivity index (χ1v) is 15.7. The van der Waals surface area contributed by atoms with Gasteiger partial charge in [-0.25, -0.2) is 8.42 Å². The van der Waals surface area contributed by atoms with E-state index in [0.717, 1.165) is 36.8 Å². The normalized spacial score (nSPS) is 15.1. The smallest absolute Gasteiger partial charge is 0.243 e. The van der Waals surface area contributed by atoms with Gasteiger partial charge < -0.3 is 10.2 Å². The lowest BCUT2D eigenvalue weighted by Gasteiger charge is -2.33. The molecule has 2 amide bonds. The number of hydrogen-bond acceptors (Lipinski definition) is 4. The predicted molar refractivity (Wildman–Crippen MR) is 154 cm³/mol. The Labute approximate surface area is 232 Å². The maximum Gasteiger partial charge on any atom is 0.243 e. The highest BCUT2D eigenvalue weighted by molar-refractivity contribution is 7.92. The maximum atomic E-state index is 13.6. The van der Waals surface area contributed by atoms with Crippen LogP contribution in [0.2, 0.25) is 5.02 Å². The number of carbonyl (C=O) groups excluding carboxylic acids is 2. The zero-order valence-electron chi connectivity index (χ0n) is 22.7. The summed E-state index contributed by atoms with van der Waals surface area (Å²) < 4.78 is 26.5. The molecule has 0 heterocycles. The second kappa shape index (κ2) is 14.0. The van der Waals surface area contributed by atoms with E-state index in [1.165, 1.54) is 17.0 Å². The fourth-order valence-corrected chi connectivity index (χ4v) is 6.22. The zero-order valence-corrected chi connectivity index (χ0v) is 24.2. The van der Waals surface area contributed by atoms with Crippen molar-refractivity contribution in [3.05, 3.63) is 64.7 Å². The van der Waals surface area contributed by atoms with Gasteiger partial charge in [0.05, 0.1) is 11.9 Å². The Morgan fingerprint density at radius 2 is 1.71 bits per heavy atom. The molecule has 9 heteroatoms. The van der Waals surface area contributed by atoms with E-state index in [0.29, 0.717) is 23.6 Å². The van der Waals surface area contributed by atoms with Gasteiger partial charge in [0.2, 0.25) is 21.8 Å². The molecule has 3 rings (SSSR count). The molecular formula is C29H40ClN3O4S. The van der Waals surface area contributed by atoms with Crippen LogP contribution in [-0.4, -0.2) is 50.0 Å². The molecule has 0 saturated heterocycles. The van der Waals surface area contributed by atoms with E-state index in [9.17, 15) is 18.0 Å². The van der Waals surface area contributed by atoms with Gasteiger partial charge in [-0.2, -0.15) is 0 Å². The second-order valence-corrected chi connectivity index (χ2v) is 12.5. The van der Waals surface area contributed by atoms with Gasteiger partial charge >= 0.3 is 0 Å². The van der Waals surface area contributed by atoms with Crippen molar-refractivity contribution < 1.29 is 18.0 Å². The summed E-state index contributed by atoms with van der Waals surface area (Å²) in [5.74, 6) is -0.303. The number of hydrogen-bond donors (Lipinski definition) is 1. The third-order valence-corrected chi connectivity index (χ3v) is 8.57. The number of benzene rings is 2. The first kappa shape index (κ1) is 30.0. The Morgan fingerprint density at radius 3 is 2.32 bits per heavy atom. The number of rotatable bonds is 12. The van der Waals surface area contributed by atoms with Crippen molar-refractivity contribution in [2.75, 3.05) is 17.1 Å². The van der Waals surface area contributed by atoms with Crippen LogP contribution in [-0.2, 0) is 26.2 Å². The van der Waals surface area contributed by atoms with E-state index < -0.39 is 16.1 Å². The Morgan fingerprint density at radius 1 is 1.05 bits per heavy atom. The number of nitrogens with zero attached hydrogens (tertiary/aromatic N) is 2. The largest absolute Gasteiger partial charge is 0.352 e. The molecule has 1 aliphatic carbocycles. The van der Waals surface area contributed by atoms with Gasteiger partial charge in [0.25, 0.3) is 0 Å². The van der Waals surface area contributed by atoms with Gasteiger partial charge in [-0.15, -0.1) is 0 Å². The highest BCUT2D eigenvalue weighted by Gasteiger charge is 2.30. The van der Waals surface area contributed by atoms with Crippen molar-refractivity contribution in [2.45, 2.75) is 83.8 Å². The lowest BCUT2D eigenvalue weighted by atomic mass is 9.95. The Balaban J connectivity index is 1.76. The number of nitrogens with one attached hydrogen (secondary N) is 1. The summed E-state index contributed by atoms with van der Waals surface area (Å²) in [4.78, 5) is 28.6. The van der Waals surface area contributed by atoms with Gasteiger partial charge in [0.1, 0.15) is 6.04 Å². The number of halogens is 1. The van der Waals surface area contributed by atoms with Gasteiger partial charge in [-0.05, 0) is 61.9 Å². The molecule has 0 aliphatic heterocycles. The minimum atomic E-state index is -3.53. The van der Waals surface area contributed by atoms with Crippen molar-refractivity contribution in [3.8, 4) is 0 Å². The maximum absolute atomic E-state index is 13.6. The average molecular weight is 562 g/mol. The fraction of sp³-hybridized carbons (Fsp3) is 0.517. The first-order chi connectivity index (χ1) is 18.1. The second-order valence-electron chi connectivity index (χ2n) is 10.1. The standard InChI is InChI=1S/C29H40ClN3O4S/c1-4-26(29(35)31-25-12-6-5-7-13-25)32(21-23-16-18-24(30)19-17-23)28(34)15-10-20-33(38(3,36)37)27-14-9-8-11-22(27)2/h8-9,11,14,16-19,25-26H,4-7,10,12-13,15,20-21H2,1-3H3,(H,31,35).